The second-order valence-corrected chi connectivity index (χ2v) is 8.95. The van der Waals surface area contributed by atoms with E-state index < -0.39 is 16.1 Å². The molecule has 0 bridgehead atoms. The van der Waals surface area contributed by atoms with Crippen LogP contribution in [0.25, 0.3) is 6.08 Å². The molecule has 0 aliphatic rings. The number of nitrogens with zero attached hydrogens (tertiary/aromatic N) is 3. The molecule has 0 N–H and O–H groups in total. The Bertz CT molecular complexity index is 1280. The Labute approximate surface area is 231 Å². The second-order valence-electron chi connectivity index (χ2n) is 7.14. The standard InChI is InChI=1S/C24H22ClN3O5S.Na/c1-28(16-17-33-24(29)15-4-18-2-5-19(25)6-3-18)22-11-7-20(8-12-22)26-27-21-9-13-23(14-10-21)34(30,31)32;/h2-15H,16-17H2,1H3,(H,30,31,32);/q;+1/p-1. The van der Waals surface area contributed by atoms with Crippen molar-refractivity contribution in [2.24, 2.45) is 10.2 Å². The van der Waals surface area contributed by atoms with Crippen LogP contribution in [-0.2, 0) is 19.6 Å². The van der Waals surface area contributed by atoms with Crippen molar-refractivity contribution in [3.8, 4) is 0 Å². The van der Waals surface area contributed by atoms with Gasteiger partial charge in [-0.25, -0.2) is 13.2 Å². The summed E-state index contributed by atoms with van der Waals surface area (Å²) >= 11 is 5.83. The summed E-state index contributed by atoms with van der Waals surface area (Å²) in [5, 5.41) is 8.76. The number of esters is 1. The molecule has 0 aromatic heterocycles. The molecule has 3 aromatic carbocycles. The minimum absolute atomic E-state index is 0. The fraction of sp³-hybridized carbons (Fsp3) is 0.125. The maximum Gasteiger partial charge on any atom is 1.00 e. The number of likely N-dealkylation sites (N-methyl/N-ethyl adjacent to an activating group) is 1. The number of ether oxygens (including phenoxy) is 1. The van der Waals surface area contributed by atoms with Crippen molar-refractivity contribution >= 4 is 50.8 Å². The quantitative estimate of drug-likeness (QED) is 0.140. The van der Waals surface area contributed by atoms with Crippen molar-refractivity contribution in [1.82, 2.24) is 0 Å². The summed E-state index contributed by atoms with van der Waals surface area (Å²) in [6.07, 6.45) is 3.03. The van der Waals surface area contributed by atoms with Crippen LogP contribution in [0.3, 0.4) is 0 Å². The number of rotatable bonds is 9. The minimum atomic E-state index is -4.49. The van der Waals surface area contributed by atoms with Gasteiger partial charge in [-0.3, -0.25) is 0 Å². The van der Waals surface area contributed by atoms with E-state index in [-0.39, 0.29) is 41.1 Å². The molecule has 0 heterocycles. The zero-order valence-electron chi connectivity index (χ0n) is 19.2. The van der Waals surface area contributed by atoms with Gasteiger partial charge in [0.2, 0.25) is 0 Å². The first-order valence-electron chi connectivity index (χ1n) is 10.1. The van der Waals surface area contributed by atoms with E-state index in [1.807, 2.05) is 24.1 Å². The fourth-order valence-electron chi connectivity index (χ4n) is 2.77. The van der Waals surface area contributed by atoms with Crippen LogP contribution in [0.15, 0.2) is 94.0 Å². The van der Waals surface area contributed by atoms with Gasteiger partial charge in [-0.15, -0.1) is 0 Å². The van der Waals surface area contributed by atoms with Gasteiger partial charge in [-0.05, 0) is 72.3 Å². The molecule has 3 rings (SSSR count). The van der Waals surface area contributed by atoms with E-state index >= 15 is 0 Å². The molecular weight excluding hydrogens is 501 g/mol. The van der Waals surface area contributed by atoms with Crippen molar-refractivity contribution < 1.29 is 52.1 Å². The van der Waals surface area contributed by atoms with Gasteiger partial charge in [0.15, 0.2) is 0 Å². The Morgan fingerprint density at radius 2 is 1.51 bits per heavy atom. The maximum absolute atomic E-state index is 11.9. The van der Waals surface area contributed by atoms with Crippen LogP contribution >= 0.6 is 11.6 Å². The normalized spacial score (nSPS) is 11.4. The number of hydrogen-bond donors (Lipinski definition) is 0. The van der Waals surface area contributed by atoms with E-state index in [0.717, 1.165) is 11.3 Å². The molecule has 0 aliphatic carbocycles. The summed E-state index contributed by atoms with van der Waals surface area (Å²) in [4.78, 5) is 13.5. The summed E-state index contributed by atoms with van der Waals surface area (Å²) in [5.74, 6) is -0.431. The Balaban J connectivity index is 0.00000432. The molecule has 0 unspecified atom stereocenters. The monoisotopic (exact) mass is 521 g/mol. The van der Waals surface area contributed by atoms with E-state index in [1.165, 1.54) is 30.3 Å². The van der Waals surface area contributed by atoms with Gasteiger partial charge in [0.1, 0.15) is 16.7 Å². The number of carbonyl (C=O) groups is 1. The Kier molecular flexibility index (Phi) is 11.1. The molecular formula is C24H21ClN3NaO5S. The van der Waals surface area contributed by atoms with Crippen LogP contribution in [0, 0.1) is 0 Å². The van der Waals surface area contributed by atoms with Crippen LogP contribution < -0.4 is 34.5 Å². The van der Waals surface area contributed by atoms with E-state index in [1.54, 1.807) is 42.5 Å². The number of benzene rings is 3. The molecule has 8 nitrogen and oxygen atoms in total. The summed E-state index contributed by atoms with van der Waals surface area (Å²) < 4.78 is 38.1. The Morgan fingerprint density at radius 3 is 2.06 bits per heavy atom. The van der Waals surface area contributed by atoms with Crippen molar-refractivity contribution in [2.75, 3.05) is 25.1 Å². The van der Waals surface area contributed by atoms with Crippen molar-refractivity contribution in [3.63, 3.8) is 0 Å². The van der Waals surface area contributed by atoms with Gasteiger partial charge >= 0.3 is 35.5 Å². The smallest absolute Gasteiger partial charge is 0.744 e. The third kappa shape index (κ3) is 9.56. The molecule has 0 saturated carbocycles. The molecule has 35 heavy (non-hydrogen) atoms. The SMILES string of the molecule is CN(CCOC(=O)C=Cc1ccc(Cl)cc1)c1ccc(N=Nc2ccc(S(=O)(=O)[O-])cc2)cc1.[Na+]. The summed E-state index contributed by atoms with van der Waals surface area (Å²) in [6, 6.07) is 19.5. The number of anilines is 1. The van der Waals surface area contributed by atoms with E-state index in [2.05, 4.69) is 10.2 Å². The number of azo groups is 1. The van der Waals surface area contributed by atoms with Gasteiger partial charge in [0.25, 0.3) is 0 Å². The van der Waals surface area contributed by atoms with E-state index in [9.17, 15) is 17.8 Å². The molecule has 0 amide bonds. The molecule has 0 radical (unpaired) electrons. The molecule has 176 valence electrons. The molecule has 11 heteroatoms. The molecule has 0 atom stereocenters. The zero-order chi connectivity index (χ0) is 24.6. The van der Waals surface area contributed by atoms with Crippen LogP contribution in [0.5, 0.6) is 0 Å². The number of carbonyl (C=O) groups excluding carboxylic acids is 1. The third-order valence-corrected chi connectivity index (χ3v) is 5.75. The predicted octanol–water partition coefficient (Wildman–Crippen LogP) is 2.36. The van der Waals surface area contributed by atoms with Gasteiger partial charge in [-0.2, -0.15) is 10.2 Å². The van der Waals surface area contributed by atoms with E-state index in [0.29, 0.717) is 22.9 Å². The summed E-state index contributed by atoms with van der Waals surface area (Å²) in [5.41, 5.74) is 2.76. The average Bonchev–Trinajstić information content (AvgIpc) is 2.82. The minimum Gasteiger partial charge on any atom is -0.744 e. The topological polar surface area (TPSA) is 111 Å². The molecule has 0 aliphatic heterocycles. The third-order valence-electron chi connectivity index (χ3n) is 4.65. The Hall–Kier alpha value is -2.53. The molecule has 3 aromatic rings. The van der Waals surface area contributed by atoms with Crippen LogP contribution in [0.2, 0.25) is 5.02 Å². The number of halogens is 1. The van der Waals surface area contributed by atoms with Gasteiger partial charge < -0.3 is 14.2 Å². The van der Waals surface area contributed by atoms with Crippen LogP contribution in [0.1, 0.15) is 5.56 Å². The van der Waals surface area contributed by atoms with Crippen molar-refractivity contribution in [1.29, 1.82) is 0 Å². The first-order chi connectivity index (χ1) is 16.2. The first kappa shape index (κ1) is 28.7. The second kappa shape index (κ2) is 13.5. The molecule has 0 spiro atoms. The molecule has 0 fully saturated rings. The summed E-state index contributed by atoms with van der Waals surface area (Å²) in [6.45, 7) is 0.715. The molecule has 0 saturated heterocycles. The Morgan fingerprint density at radius 1 is 0.971 bits per heavy atom. The van der Waals surface area contributed by atoms with Gasteiger partial charge in [-0.1, -0.05) is 23.7 Å². The summed E-state index contributed by atoms with van der Waals surface area (Å²) in [7, 11) is -2.61. The number of hydrogen-bond acceptors (Lipinski definition) is 8. The first-order valence-corrected chi connectivity index (χ1v) is 11.9. The fourth-order valence-corrected chi connectivity index (χ4v) is 3.36. The average molecular weight is 522 g/mol. The largest absolute Gasteiger partial charge is 1.00 e. The van der Waals surface area contributed by atoms with Crippen LogP contribution in [0.4, 0.5) is 17.1 Å². The predicted molar refractivity (Wildman–Crippen MR) is 130 cm³/mol. The van der Waals surface area contributed by atoms with Gasteiger partial charge in [0, 0.05) is 23.8 Å². The van der Waals surface area contributed by atoms with E-state index in [4.69, 9.17) is 16.3 Å². The van der Waals surface area contributed by atoms with Gasteiger partial charge in [0.05, 0.1) is 22.8 Å². The van der Waals surface area contributed by atoms with Crippen molar-refractivity contribution in [3.05, 3.63) is 89.5 Å². The zero-order valence-corrected chi connectivity index (χ0v) is 22.7. The van der Waals surface area contributed by atoms with Crippen molar-refractivity contribution in [2.45, 2.75) is 4.90 Å². The van der Waals surface area contributed by atoms with Crippen LogP contribution in [-0.4, -0.2) is 39.1 Å². The maximum atomic E-state index is 11.9.